The van der Waals surface area contributed by atoms with Crippen LogP contribution in [0.2, 0.25) is 0 Å². The molecule has 8 heteroatoms. The van der Waals surface area contributed by atoms with Crippen molar-refractivity contribution in [3.05, 3.63) is 48.4 Å². The van der Waals surface area contributed by atoms with Gasteiger partial charge in [0.05, 0.1) is 0 Å². The van der Waals surface area contributed by atoms with Gasteiger partial charge >= 0.3 is 0 Å². The molecular formula is C17H18N6O2. The Hall–Kier alpha value is -3.03. The molecule has 0 spiro atoms. The SMILES string of the molecule is Cn1nccc1C(=O)N1CCCCC1c1nc(-c2ccncc2)no1. The van der Waals surface area contributed by atoms with E-state index in [0.717, 1.165) is 24.8 Å². The molecule has 0 aromatic carbocycles. The molecule has 0 radical (unpaired) electrons. The van der Waals surface area contributed by atoms with Crippen LogP contribution < -0.4 is 0 Å². The van der Waals surface area contributed by atoms with E-state index in [1.165, 1.54) is 0 Å². The maximum atomic E-state index is 12.9. The number of piperidine rings is 1. The first-order valence-electron chi connectivity index (χ1n) is 8.27. The van der Waals surface area contributed by atoms with Crippen LogP contribution in [0.15, 0.2) is 41.3 Å². The third kappa shape index (κ3) is 2.90. The van der Waals surface area contributed by atoms with Crippen LogP contribution >= 0.6 is 0 Å². The zero-order valence-corrected chi connectivity index (χ0v) is 13.9. The summed E-state index contributed by atoms with van der Waals surface area (Å²) < 4.78 is 7.08. The molecule has 1 unspecified atom stereocenters. The number of nitrogens with zero attached hydrogens (tertiary/aromatic N) is 6. The molecule has 1 saturated heterocycles. The first-order chi connectivity index (χ1) is 12.2. The minimum atomic E-state index is -0.209. The van der Waals surface area contributed by atoms with Crippen molar-refractivity contribution in [3.63, 3.8) is 0 Å². The Kier molecular flexibility index (Phi) is 4.01. The van der Waals surface area contributed by atoms with Crippen LogP contribution in [0.25, 0.3) is 11.4 Å². The lowest BCUT2D eigenvalue weighted by molar-refractivity contribution is 0.0550. The molecule has 1 atom stereocenters. The zero-order chi connectivity index (χ0) is 17.2. The second-order valence-corrected chi connectivity index (χ2v) is 6.04. The van der Waals surface area contributed by atoms with E-state index in [1.54, 1.807) is 36.4 Å². The number of rotatable bonds is 3. The number of aromatic nitrogens is 5. The molecule has 3 aromatic heterocycles. The van der Waals surface area contributed by atoms with Crippen molar-refractivity contribution in [2.24, 2.45) is 7.05 Å². The van der Waals surface area contributed by atoms with E-state index in [2.05, 4.69) is 20.2 Å². The summed E-state index contributed by atoms with van der Waals surface area (Å²) in [5, 5.41) is 8.15. The molecular weight excluding hydrogens is 320 g/mol. The van der Waals surface area contributed by atoms with E-state index in [-0.39, 0.29) is 11.9 Å². The quantitative estimate of drug-likeness (QED) is 0.727. The summed E-state index contributed by atoms with van der Waals surface area (Å²) in [6, 6.07) is 5.17. The number of pyridine rings is 1. The molecule has 0 bridgehead atoms. The predicted octanol–water partition coefficient (Wildman–Crippen LogP) is 2.23. The smallest absolute Gasteiger partial charge is 0.272 e. The second-order valence-electron chi connectivity index (χ2n) is 6.04. The van der Waals surface area contributed by atoms with E-state index < -0.39 is 0 Å². The Morgan fingerprint density at radius 2 is 2.04 bits per heavy atom. The molecule has 25 heavy (non-hydrogen) atoms. The summed E-state index contributed by atoms with van der Waals surface area (Å²) in [5.74, 6) is 0.922. The second kappa shape index (κ2) is 6.46. The van der Waals surface area contributed by atoms with Gasteiger partial charge in [0, 0.05) is 37.7 Å². The summed E-state index contributed by atoms with van der Waals surface area (Å²) in [5.41, 5.74) is 1.39. The molecule has 1 aliphatic heterocycles. The Morgan fingerprint density at radius 1 is 1.20 bits per heavy atom. The molecule has 4 heterocycles. The van der Waals surface area contributed by atoms with E-state index in [4.69, 9.17) is 4.52 Å². The fraction of sp³-hybridized carbons (Fsp3) is 0.353. The lowest BCUT2D eigenvalue weighted by atomic mass is 10.0. The average Bonchev–Trinajstić information content (AvgIpc) is 3.31. The minimum Gasteiger partial charge on any atom is -0.337 e. The van der Waals surface area contributed by atoms with Crippen molar-refractivity contribution in [2.75, 3.05) is 6.54 Å². The number of hydrogen-bond acceptors (Lipinski definition) is 6. The molecule has 0 saturated carbocycles. The van der Waals surface area contributed by atoms with Gasteiger partial charge in [-0.3, -0.25) is 14.5 Å². The van der Waals surface area contributed by atoms with Gasteiger partial charge in [0.2, 0.25) is 11.7 Å². The molecule has 128 valence electrons. The van der Waals surface area contributed by atoms with E-state index in [0.29, 0.717) is 24.0 Å². The van der Waals surface area contributed by atoms with E-state index in [1.807, 2.05) is 17.0 Å². The lowest BCUT2D eigenvalue weighted by Crippen LogP contribution is -2.39. The van der Waals surface area contributed by atoms with Crippen LogP contribution in [-0.2, 0) is 7.05 Å². The van der Waals surface area contributed by atoms with Crippen molar-refractivity contribution < 1.29 is 9.32 Å². The maximum absolute atomic E-state index is 12.9. The molecule has 0 N–H and O–H groups in total. The number of carbonyl (C=O) groups is 1. The lowest BCUT2D eigenvalue weighted by Gasteiger charge is -2.33. The molecule has 4 rings (SSSR count). The molecule has 3 aromatic rings. The van der Waals surface area contributed by atoms with Gasteiger partial charge in [-0.1, -0.05) is 5.16 Å². The van der Waals surface area contributed by atoms with Crippen LogP contribution in [0, 0.1) is 0 Å². The van der Waals surface area contributed by atoms with E-state index >= 15 is 0 Å². The number of likely N-dealkylation sites (tertiary alicyclic amines) is 1. The van der Waals surface area contributed by atoms with Crippen LogP contribution in [0.1, 0.15) is 41.7 Å². The number of amides is 1. The van der Waals surface area contributed by atoms with Crippen molar-refractivity contribution in [2.45, 2.75) is 25.3 Å². The Balaban J connectivity index is 1.63. The molecule has 8 nitrogen and oxygen atoms in total. The van der Waals surface area contributed by atoms with Crippen molar-refractivity contribution in [1.82, 2.24) is 29.8 Å². The summed E-state index contributed by atoms with van der Waals surface area (Å²) in [4.78, 5) is 23.2. The molecule has 1 amide bonds. The molecule has 0 aliphatic carbocycles. The van der Waals surface area contributed by atoms with Gasteiger partial charge < -0.3 is 9.42 Å². The topological polar surface area (TPSA) is 89.9 Å². The summed E-state index contributed by atoms with van der Waals surface area (Å²) in [6.45, 7) is 0.668. The Labute approximate surface area is 144 Å². The van der Waals surface area contributed by atoms with Gasteiger partial charge in [0.25, 0.3) is 5.91 Å². The van der Waals surface area contributed by atoms with Gasteiger partial charge in [0.15, 0.2) is 0 Å². The molecule has 1 fully saturated rings. The first-order valence-corrected chi connectivity index (χ1v) is 8.27. The number of aryl methyl sites for hydroxylation is 1. The zero-order valence-electron chi connectivity index (χ0n) is 13.9. The van der Waals surface area contributed by atoms with Crippen molar-refractivity contribution in [3.8, 4) is 11.4 Å². The van der Waals surface area contributed by atoms with Gasteiger partial charge in [0.1, 0.15) is 11.7 Å². The summed E-state index contributed by atoms with van der Waals surface area (Å²) in [6.07, 6.45) is 7.79. The van der Waals surface area contributed by atoms with Crippen molar-refractivity contribution >= 4 is 5.91 Å². The first kappa shape index (κ1) is 15.5. The van der Waals surface area contributed by atoms with Crippen LogP contribution in [0.4, 0.5) is 0 Å². The average molecular weight is 338 g/mol. The maximum Gasteiger partial charge on any atom is 0.272 e. The van der Waals surface area contributed by atoms with Gasteiger partial charge in [-0.2, -0.15) is 10.1 Å². The predicted molar refractivity (Wildman–Crippen MR) is 88.4 cm³/mol. The largest absolute Gasteiger partial charge is 0.337 e. The van der Waals surface area contributed by atoms with Gasteiger partial charge in [-0.15, -0.1) is 0 Å². The Bertz CT molecular complexity index is 872. The van der Waals surface area contributed by atoms with Crippen LogP contribution in [0.5, 0.6) is 0 Å². The molecule has 1 aliphatic rings. The minimum absolute atomic E-state index is 0.0617. The van der Waals surface area contributed by atoms with Gasteiger partial charge in [-0.05, 0) is 37.5 Å². The van der Waals surface area contributed by atoms with Crippen LogP contribution in [0.3, 0.4) is 0 Å². The van der Waals surface area contributed by atoms with E-state index in [9.17, 15) is 4.79 Å². The summed E-state index contributed by atoms with van der Waals surface area (Å²) in [7, 11) is 1.76. The number of hydrogen-bond donors (Lipinski definition) is 0. The monoisotopic (exact) mass is 338 g/mol. The standard InChI is InChI=1S/C17H18N6O2/c1-22-14(7-10-19-22)17(24)23-11-3-2-4-13(23)16-20-15(21-25-16)12-5-8-18-9-6-12/h5-10,13H,2-4,11H2,1H3. The fourth-order valence-electron chi connectivity index (χ4n) is 3.15. The Morgan fingerprint density at radius 3 is 2.80 bits per heavy atom. The normalized spacial score (nSPS) is 17.6. The van der Waals surface area contributed by atoms with Gasteiger partial charge in [-0.25, -0.2) is 0 Å². The third-order valence-corrected chi connectivity index (χ3v) is 4.47. The highest BCUT2D eigenvalue weighted by molar-refractivity contribution is 5.92. The fourth-order valence-corrected chi connectivity index (χ4v) is 3.15. The number of carbonyl (C=O) groups excluding carboxylic acids is 1. The van der Waals surface area contributed by atoms with Crippen molar-refractivity contribution in [1.29, 1.82) is 0 Å². The highest BCUT2D eigenvalue weighted by atomic mass is 16.5. The third-order valence-electron chi connectivity index (χ3n) is 4.47. The van der Waals surface area contributed by atoms with Crippen LogP contribution in [-0.4, -0.2) is 42.3 Å². The highest BCUT2D eigenvalue weighted by Gasteiger charge is 2.33. The highest BCUT2D eigenvalue weighted by Crippen LogP contribution is 2.32. The summed E-state index contributed by atoms with van der Waals surface area (Å²) >= 11 is 0.